The van der Waals surface area contributed by atoms with E-state index in [1.807, 2.05) is 31.6 Å². The average Bonchev–Trinajstić information content (AvgIpc) is 3.26. The number of pyridine rings is 1. The van der Waals surface area contributed by atoms with E-state index in [2.05, 4.69) is 44.2 Å². The molecule has 0 saturated heterocycles. The van der Waals surface area contributed by atoms with Crippen molar-refractivity contribution in [3.05, 3.63) is 70.3 Å². The number of H-pyrrole nitrogens is 1. The zero-order valence-corrected chi connectivity index (χ0v) is 13.5. The average molecular weight is 323 g/mol. The first kappa shape index (κ1) is 14.2. The van der Waals surface area contributed by atoms with Gasteiger partial charge in [0.1, 0.15) is 18.0 Å². The quantitative estimate of drug-likeness (QED) is 0.694. The van der Waals surface area contributed by atoms with E-state index in [1.54, 1.807) is 17.5 Å². The van der Waals surface area contributed by atoms with Crippen LogP contribution in [0.5, 0.6) is 0 Å². The number of anilines is 1. The Labute approximate surface area is 138 Å². The Bertz CT molecular complexity index is 807. The molecule has 6 heteroatoms. The molecule has 0 saturated carbocycles. The third kappa shape index (κ3) is 2.56. The van der Waals surface area contributed by atoms with Gasteiger partial charge in [-0.05, 0) is 36.7 Å². The van der Waals surface area contributed by atoms with Gasteiger partial charge in [0.15, 0.2) is 0 Å². The molecule has 0 fully saturated rings. The monoisotopic (exact) mass is 323 g/mol. The number of aromatic amines is 1. The Kier molecular flexibility index (Phi) is 3.69. The maximum absolute atomic E-state index is 5.10. The van der Waals surface area contributed by atoms with Crippen LogP contribution < -0.4 is 10.6 Å². The minimum Gasteiger partial charge on any atom is -0.367 e. The molecule has 23 heavy (non-hydrogen) atoms. The summed E-state index contributed by atoms with van der Waals surface area (Å²) in [6.45, 7) is 0. The second-order valence-corrected chi connectivity index (χ2v) is 6.33. The number of likely N-dealkylation sites (N-methyl/N-ethyl adjacent to an activating group) is 1. The molecule has 4 heterocycles. The highest BCUT2D eigenvalue weighted by Crippen LogP contribution is 2.32. The van der Waals surface area contributed by atoms with Crippen LogP contribution in [0.25, 0.3) is 0 Å². The first-order chi connectivity index (χ1) is 11.4. The van der Waals surface area contributed by atoms with Crippen molar-refractivity contribution in [1.29, 1.82) is 0 Å². The summed E-state index contributed by atoms with van der Waals surface area (Å²) in [5.41, 5.74) is 3.05. The van der Waals surface area contributed by atoms with Gasteiger partial charge in [0.25, 0.3) is 0 Å². The van der Waals surface area contributed by atoms with Gasteiger partial charge in [-0.25, -0.2) is 4.98 Å². The van der Waals surface area contributed by atoms with E-state index in [4.69, 9.17) is 4.99 Å². The zero-order valence-electron chi connectivity index (χ0n) is 12.7. The number of nitrogens with one attached hydrogen (secondary N) is 3. The predicted molar refractivity (Wildman–Crippen MR) is 94.2 cm³/mol. The Morgan fingerprint density at radius 1 is 1.22 bits per heavy atom. The largest absolute Gasteiger partial charge is 0.367 e. The summed E-state index contributed by atoms with van der Waals surface area (Å²) < 4.78 is 0. The molecule has 116 valence electrons. The minimum absolute atomic E-state index is 0.0147. The van der Waals surface area contributed by atoms with Crippen LogP contribution in [0.1, 0.15) is 22.0 Å². The topological polar surface area (TPSA) is 65.1 Å². The van der Waals surface area contributed by atoms with Gasteiger partial charge in [-0.2, -0.15) is 0 Å². The molecule has 4 rings (SSSR count). The minimum atomic E-state index is -0.0151. The lowest BCUT2D eigenvalue weighted by molar-refractivity contribution is 0.529. The fourth-order valence-corrected chi connectivity index (χ4v) is 3.64. The van der Waals surface area contributed by atoms with E-state index in [0.29, 0.717) is 0 Å². The van der Waals surface area contributed by atoms with E-state index in [1.165, 1.54) is 4.88 Å². The Morgan fingerprint density at radius 3 is 2.91 bits per heavy atom. The van der Waals surface area contributed by atoms with Crippen molar-refractivity contribution in [3.63, 3.8) is 0 Å². The van der Waals surface area contributed by atoms with Crippen molar-refractivity contribution in [2.24, 2.45) is 4.99 Å². The van der Waals surface area contributed by atoms with Crippen molar-refractivity contribution >= 4 is 22.9 Å². The van der Waals surface area contributed by atoms with Crippen LogP contribution in [0.3, 0.4) is 0 Å². The standard InChI is InChI=1S/C17H17N5S/c1-18-17-15(13-5-3-9-23-13)21-14(11-6-8-19-10-11)12-4-2-7-20-16(12)22-17/h2-10,15,17-19H,1H3,(H,20,22). The van der Waals surface area contributed by atoms with Crippen molar-refractivity contribution in [3.8, 4) is 0 Å². The molecular formula is C17H17N5S. The molecule has 0 aromatic carbocycles. The third-order valence-corrected chi connectivity index (χ3v) is 4.90. The van der Waals surface area contributed by atoms with Crippen LogP contribution >= 0.6 is 11.3 Å². The normalized spacial score (nSPS) is 20.3. The highest BCUT2D eigenvalue weighted by molar-refractivity contribution is 7.10. The van der Waals surface area contributed by atoms with Crippen molar-refractivity contribution in [2.45, 2.75) is 12.2 Å². The molecule has 0 radical (unpaired) electrons. The first-order valence-electron chi connectivity index (χ1n) is 7.50. The van der Waals surface area contributed by atoms with Crippen LogP contribution in [0.15, 0.2) is 59.3 Å². The number of fused-ring (bicyclic) bond motifs is 1. The molecule has 0 spiro atoms. The summed E-state index contributed by atoms with van der Waals surface area (Å²) in [5.74, 6) is 0.853. The zero-order chi connectivity index (χ0) is 15.6. The maximum atomic E-state index is 5.10. The second kappa shape index (κ2) is 5.98. The molecule has 2 unspecified atom stereocenters. The number of rotatable bonds is 3. The van der Waals surface area contributed by atoms with Crippen LogP contribution in [0, 0.1) is 0 Å². The lowest BCUT2D eigenvalue weighted by Crippen LogP contribution is -2.38. The predicted octanol–water partition coefficient (Wildman–Crippen LogP) is 3.02. The Balaban J connectivity index is 1.91. The number of aromatic nitrogens is 2. The van der Waals surface area contributed by atoms with E-state index < -0.39 is 0 Å². The Hall–Kier alpha value is -2.44. The van der Waals surface area contributed by atoms with Crippen LogP contribution in [-0.2, 0) is 0 Å². The van der Waals surface area contributed by atoms with Crippen LogP contribution in [0.4, 0.5) is 5.82 Å². The molecule has 1 aliphatic rings. The van der Waals surface area contributed by atoms with Gasteiger partial charge in [0, 0.05) is 34.6 Å². The van der Waals surface area contributed by atoms with Gasteiger partial charge >= 0.3 is 0 Å². The van der Waals surface area contributed by atoms with Crippen molar-refractivity contribution in [1.82, 2.24) is 15.3 Å². The second-order valence-electron chi connectivity index (χ2n) is 5.35. The van der Waals surface area contributed by atoms with Crippen LogP contribution in [0.2, 0.25) is 0 Å². The first-order valence-corrected chi connectivity index (χ1v) is 8.38. The Morgan fingerprint density at radius 2 is 2.17 bits per heavy atom. The summed E-state index contributed by atoms with van der Waals surface area (Å²) in [6, 6.07) is 10.2. The molecule has 0 amide bonds. The van der Waals surface area contributed by atoms with Crippen molar-refractivity contribution < 1.29 is 0 Å². The fraction of sp³-hybridized carbons (Fsp3) is 0.176. The maximum Gasteiger partial charge on any atom is 0.136 e. The van der Waals surface area contributed by atoms with E-state index in [9.17, 15) is 0 Å². The third-order valence-electron chi connectivity index (χ3n) is 3.96. The smallest absolute Gasteiger partial charge is 0.136 e. The lowest BCUT2D eigenvalue weighted by Gasteiger charge is -2.23. The molecule has 0 bridgehead atoms. The molecule has 0 aliphatic carbocycles. The van der Waals surface area contributed by atoms with Gasteiger partial charge < -0.3 is 10.3 Å². The number of nitrogens with zero attached hydrogens (tertiary/aromatic N) is 2. The molecule has 2 atom stereocenters. The molecule has 3 N–H and O–H groups in total. The molecule has 3 aromatic rings. The van der Waals surface area contributed by atoms with E-state index in [-0.39, 0.29) is 12.2 Å². The van der Waals surface area contributed by atoms with Crippen LogP contribution in [-0.4, -0.2) is 28.9 Å². The van der Waals surface area contributed by atoms with Gasteiger partial charge in [-0.1, -0.05) is 6.07 Å². The summed E-state index contributed by atoms with van der Waals surface area (Å²) in [6.07, 6.45) is 5.68. The number of thiophene rings is 1. The number of hydrogen-bond donors (Lipinski definition) is 3. The summed E-state index contributed by atoms with van der Waals surface area (Å²) >= 11 is 1.72. The van der Waals surface area contributed by atoms with Gasteiger partial charge in [-0.15, -0.1) is 11.3 Å². The van der Waals surface area contributed by atoms with E-state index in [0.717, 1.165) is 22.7 Å². The fourth-order valence-electron chi connectivity index (χ4n) is 2.84. The molecule has 5 nitrogen and oxygen atoms in total. The summed E-state index contributed by atoms with van der Waals surface area (Å²) in [7, 11) is 1.94. The lowest BCUT2D eigenvalue weighted by atomic mass is 10.1. The summed E-state index contributed by atoms with van der Waals surface area (Å²) in [5, 5.41) is 8.92. The highest BCUT2D eigenvalue weighted by Gasteiger charge is 2.29. The van der Waals surface area contributed by atoms with Gasteiger partial charge in [0.05, 0.1) is 5.71 Å². The molecular weight excluding hydrogens is 306 g/mol. The van der Waals surface area contributed by atoms with Crippen molar-refractivity contribution in [2.75, 3.05) is 12.4 Å². The SMILES string of the molecule is CNC1Nc2ncccc2C(c2cc[nH]c2)=NC1c1cccs1. The van der Waals surface area contributed by atoms with Gasteiger partial charge in [0.2, 0.25) is 0 Å². The number of aliphatic imine (C=N–C) groups is 1. The number of hydrogen-bond acceptors (Lipinski definition) is 5. The van der Waals surface area contributed by atoms with E-state index >= 15 is 0 Å². The molecule has 3 aromatic heterocycles. The highest BCUT2D eigenvalue weighted by atomic mass is 32.1. The molecule has 1 aliphatic heterocycles. The summed E-state index contributed by atoms with van der Waals surface area (Å²) in [4.78, 5) is 13.9. The van der Waals surface area contributed by atoms with Gasteiger partial charge in [-0.3, -0.25) is 10.3 Å².